The maximum Gasteiger partial charge on any atom is 0.330 e. The quantitative estimate of drug-likeness (QED) is 0.461. The van der Waals surface area contributed by atoms with Gasteiger partial charge < -0.3 is 9.15 Å². The third-order valence-electron chi connectivity index (χ3n) is 2.41. The van der Waals surface area contributed by atoms with Gasteiger partial charge in [0.05, 0.1) is 6.61 Å². The standard InChI is InChI=1S/C14H15NO3/c1-2-3-10-17-14(16)9-8-13-15-11-6-4-5-7-12(11)18-13/h4-9H,2-3,10H2,1H3/b9-8+. The molecule has 94 valence electrons. The summed E-state index contributed by atoms with van der Waals surface area (Å²) in [4.78, 5) is 15.5. The Labute approximate surface area is 105 Å². The minimum Gasteiger partial charge on any atom is -0.463 e. The highest BCUT2D eigenvalue weighted by Gasteiger charge is 2.02. The summed E-state index contributed by atoms with van der Waals surface area (Å²) in [5.41, 5.74) is 1.48. The molecule has 2 rings (SSSR count). The smallest absolute Gasteiger partial charge is 0.330 e. The van der Waals surface area contributed by atoms with Gasteiger partial charge in [0.1, 0.15) is 5.52 Å². The number of carbonyl (C=O) groups is 1. The van der Waals surface area contributed by atoms with Gasteiger partial charge in [-0.25, -0.2) is 9.78 Å². The van der Waals surface area contributed by atoms with Crippen LogP contribution in [-0.4, -0.2) is 17.6 Å². The lowest BCUT2D eigenvalue weighted by Crippen LogP contribution is -2.01. The molecule has 4 heteroatoms. The first-order valence-corrected chi connectivity index (χ1v) is 6.00. The zero-order valence-electron chi connectivity index (χ0n) is 10.3. The Morgan fingerprint density at radius 1 is 1.44 bits per heavy atom. The molecule has 2 aromatic rings. The van der Waals surface area contributed by atoms with Gasteiger partial charge in [0.2, 0.25) is 5.89 Å². The minimum atomic E-state index is -0.370. The molecule has 0 fully saturated rings. The van der Waals surface area contributed by atoms with Crippen LogP contribution in [0.4, 0.5) is 0 Å². The van der Waals surface area contributed by atoms with Gasteiger partial charge in [-0.2, -0.15) is 0 Å². The summed E-state index contributed by atoms with van der Waals surface area (Å²) in [5, 5.41) is 0. The number of ether oxygens (including phenoxy) is 1. The maximum atomic E-state index is 11.3. The SMILES string of the molecule is CCCCOC(=O)/C=C/c1nc2ccccc2o1. The highest BCUT2D eigenvalue weighted by Crippen LogP contribution is 2.15. The predicted octanol–water partition coefficient (Wildman–Crippen LogP) is 3.18. The molecular formula is C14H15NO3. The van der Waals surface area contributed by atoms with Crippen molar-refractivity contribution in [3.63, 3.8) is 0 Å². The molecule has 1 aromatic carbocycles. The number of esters is 1. The molecule has 0 spiro atoms. The molecule has 0 aliphatic heterocycles. The molecule has 0 bridgehead atoms. The molecule has 4 nitrogen and oxygen atoms in total. The lowest BCUT2D eigenvalue weighted by molar-refractivity contribution is -0.137. The lowest BCUT2D eigenvalue weighted by atomic mass is 10.3. The van der Waals surface area contributed by atoms with E-state index in [2.05, 4.69) is 4.98 Å². The van der Waals surface area contributed by atoms with Crippen molar-refractivity contribution in [3.05, 3.63) is 36.2 Å². The summed E-state index contributed by atoms with van der Waals surface area (Å²) >= 11 is 0. The van der Waals surface area contributed by atoms with Crippen molar-refractivity contribution in [2.24, 2.45) is 0 Å². The fourth-order valence-corrected chi connectivity index (χ4v) is 1.47. The monoisotopic (exact) mass is 245 g/mol. The van der Waals surface area contributed by atoms with Crippen LogP contribution in [0.2, 0.25) is 0 Å². The first-order valence-electron chi connectivity index (χ1n) is 6.00. The number of rotatable bonds is 5. The summed E-state index contributed by atoms with van der Waals surface area (Å²) in [5.74, 6) is 0.0364. The Morgan fingerprint density at radius 2 is 2.28 bits per heavy atom. The van der Waals surface area contributed by atoms with Crippen LogP contribution in [-0.2, 0) is 9.53 Å². The molecule has 0 radical (unpaired) electrons. The van der Waals surface area contributed by atoms with Gasteiger partial charge in [-0.3, -0.25) is 0 Å². The van der Waals surface area contributed by atoms with Crippen LogP contribution in [0.15, 0.2) is 34.8 Å². The van der Waals surface area contributed by atoms with Gasteiger partial charge in [-0.15, -0.1) is 0 Å². The van der Waals surface area contributed by atoms with Crippen LogP contribution in [0.3, 0.4) is 0 Å². The topological polar surface area (TPSA) is 52.3 Å². The van der Waals surface area contributed by atoms with Gasteiger partial charge in [-0.1, -0.05) is 25.5 Å². The van der Waals surface area contributed by atoms with Gasteiger partial charge in [0.15, 0.2) is 5.58 Å². The molecule has 0 aliphatic carbocycles. The molecule has 1 heterocycles. The van der Waals surface area contributed by atoms with Crippen molar-refractivity contribution < 1.29 is 13.9 Å². The first-order chi connectivity index (χ1) is 8.79. The zero-order valence-corrected chi connectivity index (χ0v) is 10.3. The molecule has 0 aliphatic rings. The van der Waals surface area contributed by atoms with E-state index in [1.54, 1.807) is 0 Å². The normalized spacial score (nSPS) is 11.2. The minimum absolute atomic E-state index is 0.370. The summed E-state index contributed by atoms with van der Waals surface area (Å²) in [7, 11) is 0. The van der Waals surface area contributed by atoms with Crippen LogP contribution in [0.1, 0.15) is 25.7 Å². The van der Waals surface area contributed by atoms with Crippen LogP contribution >= 0.6 is 0 Å². The summed E-state index contributed by atoms with van der Waals surface area (Å²) < 4.78 is 10.4. The Kier molecular flexibility index (Phi) is 4.12. The van der Waals surface area contributed by atoms with E-state index >= 15 is 0 Å². The summed E-state index contributed by atoms with van der Waals surface area (Å²) in [6.45, 7) is 2.50. The van der Waals surface area contributed by atoms with Crippen molar-refractivity contribution in [3.8, 4) is 0 Å². The molecule has 0 amide bonds. The van der Waals surface area contributed by atoms with Crippen molar-refractivity contribution >= 4 is 23.1 Å². The van der Waals surface area contributed by atoms with E-state index in [0.717, 1.165) is 18.4 Å². The van der Waals surface area contributed by atoms with Crippen LogP contribution in [0.5, 0.6) is 0 Å². The third kappa shape index (κ3) is 3.20. The molecule has 0 saturated carbocycles. The lowest BCUT2D eigenvalue weighted by Gasteiger charge is -1.98. The maximum absolute atomic E-state index is 11.3. The number of hydrogen-bond donors (Lipinski definition) is 0. The van der Waals surface area contributed by atoms with E-state index < -0.39 is 0 Å². The Bertz CT molecular complexity index is 524. The molecular weight excluding hydrogens is 230 g/mol. The van der Waals surface area contributed by atoms with Gasteiger partial charge in [0.25, 0.3) is 0 Å². The second-order valence-corrected chi connectivity index (χ2v) is 3.87. The molecule has 0 unspecified atom stereocenters. The number of unbranched alkanes of at least 4 members (excludes halogenated alkanes) is 1. The zero-order chi connectivity index (χ0) is 12.8. The highest BCUT2D eigenvalue weighted by atomic mass is 16.5. The van der Waals surface area contributed by atoms with E-state index in [1.165, 1.54) is 12.2 Å². The van der Waals surface area contributed by atoms with Gasteiger partial charge in [0, 0.05) is 12.2 Å². The number of aromatic nitrogens is 1. The number of nitrogens with zero attached hydrogens (tertiary/aromatic N) is 1. The van der Waals surface area contributed by atoms with E-state index in [0.29, 0.717) is 18.1 Å². The highest BCUT2D eigenvalue weighted by molar-refractivity contribution is 5.86. The van der Waals surface area contributed by atoms with Crippen molar-refractivity contribution in [2.45, 2.75) is 19.8 Å². The number of carbonyl (C=O) groups excluding carboxylic acids is 1. The summed E-state index contributed by atoms with van der Waals surface area (Å²) in [6.07, 6.45) is 4.74. The second kappa shape index (κ2) is 6.00. The molecule has 0 atom stereocenters. The van der Waals surface area contributed by atoms with Crippen LogP contribution < -0.4 is 0 Å². The second-order valence-electron chi connectivity index (χ2n) is 3.87. The van der Waals surface area contributed by atoms with Crippen molar-refractivity contribution in [2.75, 3.05) is 6.61 Å². The van der Waals surface area contributed by atoms with Gasteiger partial charge in [-0.05, 0) is 18.6 Å². The van der Waals surface area contributed by atoms with Crippen LogP contribution in [0.25, 0.3) is 17.2 Å². The molecule has 18 heavy (non-hydrogen) atoms. The number of fused-ring (bicyclic) bond motifs is 1. The Balaban J connectivity index is 1.98. The number of para-hydroxylation sites is 2. The summed E-state index contributed by atoms with van der Waals surface area (Å²) in [6, 6.07) is 7.45. The van der Waals surface area contributed by atoms with E-state index in [4.69, 9.17) is 9.15 Å². The van der Waals surface area contributed by atoms with Gasteiger partial charge >= 0.3 is 5.97 Å². The fourth-order valence-electron chi connectivity index (χ4n) is 1.47. The first kappa shape index (κ1) is 12.4. The van der Waals surface area contributed by atoms with Crippen LogP contribution in [0, 0.1) is 0 Å². The third-order valence-corrected chi connectivity index (χ3v) is 2.41. The molecule has 0 saturated heterocycles. The number of hydrogen-bond acceptors (Lipinski definition) is 4. The Morgan fingerprint density at radius 3 is 3.06 bits per heavy atom. The predicted molar refractivity (Wildman–Crippen MR) is 68.9 cm³/mol. The largest absolute Gasteiger partial charge is 0.463 e. The fraction of sp³-hybridized carbons (Fsp3) is 0.286. The molecule has 1 aromatic heterocycles. The average Bonchev–Trinajstić information content (AvgIpc) is 2.79. The average molecular weight is 245 g/mol. The van der Waals surface area contributed by atoms with E-state index in [-0.39, 0.29) is 5.97 Å². The number of benzene rings is 1. The molecule has 0 N–H and O–H groups in total. The van der Waals surface area contributed by atoms with Crippen molar-refractivity contribution in [1.82, 2.24) is 4.98 Å². The Hall–Kier alpha value is -2.10. The number of oxazole rings is 1. The van der Waals surface area contributed by atoms with Crippen molar-refractivity contribution in [1.29, 1.82) is 0 Å². The van der Waals surface area contributed by atoms with E-state index in [1.807, 2.05) is 31.2 Å². The van der Waals surface area contributed by atoms with E-state index in [9.17, 15) is 4.79 Å².